The minimum Gasteiger partial charge on any atom is -0.310 e. The Bertz CT molecular complexity index is 3250. The molecule has 11 aromatic rings. The van der Waals surface area contributed by atoms with Crippen LogP contribution in [0.5, 0.6) is 0 Å². The Morgan fingerprint density at radius 3 is 1.66 bits per heavy atom. The van der Waals surface area contributed by atoms with Crippen LogP contribution in [-0.2, 0) is 0 Å². The van der Waals surface area contributed by atoms with Gasteiger partial charge in [-0.15, -0.1) is 11.3 Å². The predicted molar refractivity (Wildman–Crippen MR) is 246 cm³/mol. The molecule has 0 atom stereocenters. The molecule has 0 aliphatic rings. The van der Waals surface area contributed by atoms with Crippen molar-refractivity contribution >= 4 is 70.4 Å². The van der Waals surface area contributed by atoms with Crippen LogP contribution < -0.4 is 4.90 Å². The lowest BCUT2D eigenvalue weighted by Gasteiger charge is -2.25. The molecule has 0 saturated heterocycles. The van der Waals surface area contributed by atoms with Gasteiger partial charge >= 0.3 is 0 Å². The molecule has 272 valence electrons. The first-order chi connectivity index (χ1) is 28.7. The van der Waals surface area contributed by atoms with Crippen LogP contribution in [-0.4, -0.2) is 9.97 Å². The molecule has 0 N–H and O–H groups in total. The highest BCUT2D eigenvalue weighted by molar-refractivity contribution is 7.26. The summed E-state index contributed by atoms with van der Waals surface area (Å²) in [4.78, 5) is 12.9. The Morgan fingerprint density at radius 2 is 0.948 bits per heavy atom. The van der Waals surface area contributed by atoms with Crippen molar-refractivity contribution in [3.05, 3.63) is 212 Å². The zero-order chi connectivity index (χ0) is 38.4. The van der Waals surface area contributed by atoms with Gasteiger partial charge in [-0.2, -0.15) is 0 Å². The third kappa shape index (κ3) is 5.99. The molecule has 0 aliphatic carbocycles. The number of nitrogens with zero attached hydrogens (tertiary/aromatic N) is 3. The summed E-state index contributed by atoms with van der Waals surface area (Å²) >= 11 is 1.86. The molecule has 9 aromatic carbocycles. The fourth-order valence-electron chi connectivity index (χ4n) is 8.26. The molecule has 2 heterocycles. The van der Waals surface area contributed by atoms with Crippen LogP contribution in [0.1, 0.15) is 0 Å². The summed E-state index contributed by atoms with van der Waals surface area (Å²) in [6.45, 7) is 0. The van der Waals surface area contributed by atoms with Crippen molar-refractivity contribution in [3.8, 4) is 44.8 Å². The summed E-state index contributed by atoms with van der Waals surface area (Å²) in [5.41, 5.74) is 13.8. The zero-order valence-corrected chi connectivity index (χ0v) is 32.3. The second-order valence-electron chi connectivity index (χ2n) is 14.6. The monoisotopic (exact) mass is 757 g/mol. The lowest BCUT2D eigenvalue weighted by Crippen LogP contribution is -2.09. The third-order valence-electron chi connectivity index (χ3n) is 11.0. The Kier molecular flexibility index (Phi) is 8.34. The van der Waals surface area contributed by atoms with E-state index in [9.17, 15) is 0 Å². The molecule has 0 amide bonds. The molecule has 11 rings (SSSR count). The van der Waals surface area contributed by atoms with Crippen molar-refractivity contribution < 1.29 is 0 Å². The minimum absolute atomic E-state index is 0.884. The summed E-state index contributed by atoms with van der Waals surface area (Å²) in [6.07, 6.45) is 0. The number of rotatable bonds is 7. The Hall–Kier alpha value is -7.40. The molecular formula is C54H35N3S. The molecule has 0 fully saturated rings. The van der Waals surface area contributed by atoms with Gasteiger partial charge in [-0.3, -0.25) is 0 Å². The van der Waals surface area contributed by atoms with Crippen molar-refractivity contribution in [3.63, 3.8) is 0 Å². The van der Waals surface area contributed by atoms with E-state index in [1.807, 2.05) is 23.5 Å². The highest BCUT2D eigenvalue weighted by atomic mass is 32.1. The smallest absolute Gasteiger partial charge is 0.0973 e. The maximum absolute atomic E-state index is 5.32. The van der Waals surface area contributed by atoms with Crippen LogP contribution in [0.25, 0.3) is 86.7 Å². The molecule has 0 bridgehead atoms. The second kappa shape index (κ2) is 14.3. The number of fused-ring (bicyclic) bond motifs is 6. The first-order valence-electron chi connectivity index (χ1n) is 19.6. The maximum atomic E-state index is 5.32. The van der Waals surface area contributed by atoms with Gasteiger partial charge < -0.3 is 4.90 Å². The number of aromatic nitrogens is 2. The molecule has 0 unspecified atom stereocenters. The summed E-state index contributed by atoms with van der Waals surface area (Å²) < 4.78 is 2.57. The quantitative estimate of drug-likeness (QED) is 0.152. The normalized spacial score (nSPS) is 11.4. The molecule has 0 radical (unpaired) electrons. The van der Waals surface area contributed by atoms with Crippen LogP contribution in [0, 0.1) is 0 Å². The van der Waals surface area contributed by atoms with Gasteiger partial charge in [0.2, 0.25) is 0 Å². The van der Waals surface area contributed by atoms with E-state index in [1.165, 1.54) is 31.3 Å². The summed E-state index contributed by atoms with van der Waals surface area (Å²) in [5, 5.41) is 4.83. The van der Waals surface area contributed by atoms with Crippen LogP contribution >= 0.6 is 11.3 Å². The van der Waals surface area contributed by atoms with Crippen LogP contribution in [0.2, 0.25) is 0 Å². The number of anilines is 3. The average Bonchev–Trinajstić information content (AvgIpc) is 3.68. The van der Waals surface area contributed by atoms with Crippen molar-refractivity contribution in [2.75, 3.05) is 4.90 Å². The van der Waals surface area contributed by atoms with Gasteiger partial charge in [-0.25, -0.2) is 9.97 Å². The van der Waals surface area contributed by atoms with E-state index in [4.69, 9.17) is 9.97 Å². The van der Waals surface area contributed by atoms with E-state index in [1.54, 1.807) is 0 Å². The third-order valence-corrected chi connectivity index (χ3v) is 12.2. The number of hydrogen-bond acceptors (Lipinski definition) is 4. The van der Waals surface area contributed by atoms with Gasteiger partial charge in [0.15, 0.2) is 0 Å². The van der Waals surface area contributed by atoms with Gasteiger partial charge in [-0.1, -0.05) is 158 Å². The minimum atomic E-state index is 0.884. The first kappa shape index (κ1) is 33.9. The SMILES string of the molecule is c1ccc(-c2nc3ccc4cc(-c5ccc(N(c6ccccc6)c6ccc7c(c6)sc6cccc(-c8ccccc8)c67)cc5)ccc4c3nc2-c2ccccc2)cc1. The molecule has 4 heteroatoms. The van der Waals surface area contributed by atoms with E-state index in [2.05, 4.69) is 205 Å². The standard InChI is InChI=1S/C54H35N3S/c1-5-14-37(15-6-1)45-22-13-23-49-51(45)47-32-30-44(35-50(47)58-49)57(42-20-11-4-12-21-42)43-28-24-36(25-29-43)40-26-31-46-41(34-40)27-33-48-54(46)56-53(39-18-9-3-10-19-39)52(55-48)38-16-7-2-8-17-38/h1-35H. The number of benzene rings is 9. The van der Waals surface area contributed by atoms with Crippen molar-refractivity contribution in [2.45, 2.75) is 0 Å². The summed E-state index contributed by atoms with van der Waals surface area (Å²) in [7, 11) is 0. The fraction of sp³-hybridized carbons (Fsp3) is 0. The number of para-hydroxylation sites is 1. The fourth-order valence-corrected chi connectivity index (χ4v) is 9.43. The van der Waals surface area contributed by atoms with Crippen molar-refractivity contribution in [1.82, 2.24) is 9.97 Å². The summed E-state index contributed by atoms with van der Waals surface area (Å²) in [5.74, 6) is 0. The van der Waals surface area contributed by atoms with E-state index in [-0.39, 0.29) is 0 Å². The van der Waals surface area contributed by atoms with Gasteiger partial charge in [0.25, 0.3) is 0 Å². The van der Waals surface area contributed by atoms with Crippen LogP contribution in [0.15, 0.2) is 212 Å². The topological polar surface area (TPSA) is 29.0 Å². The molecule has 0 aliphatic heterocycles. The van der Waals surface area contributed by atoms with E-state index in [0.29, 0.717) is 0 Å². The molecule has 2 aromatic heterocycles. The van der Waals surface area contributed by atoms with Gasteiger partial charge in [0.1, 0.15) is 0 Å². The Labute approximate surface area is 340 Å². The second-order valence-corrected chi connectivity index (χ2v) is 15.7. The molecule has 0 saturated carbocycles. The molecule has 58 heavy (non-hydrogen) atoms. The Morgan fingerprint density at radius 1 is 0.362 bits per heavy atom. The molecular weight excluding hydrogens is 723 g/mol. The van der Waals surface area contributed by atoms with Crippen LogP contribution in [0.3, 0.4) is 0 Å². The van der Waals surface area contributed by atoms with E-state index < -0.39 is 0 Å². The first-order valence-corrected chi connectivity index (χ1v) is 20.4. The number of hydrogen-bond donors (Lipinski definition) is 0. The van der Waals surface area contributed by atoms with Gasteiger partial charge in [0.05, 0.1) is 22.4 Å². The lowest BCUT2D eigenvalue weighted by molar-refractivity contribution is 1.29. The number of thiophene rings is 1. The largest absolute Gasteiger partial charge is 0.310 e. The van der Waals surface area contributed by atoms with E-state index >= 15 is 0 Å². The van der Waals surface area contributed by atoms with Crippen molar-refractivity contribution in [1.29, 1.82) is 0 Å². The highest BCUT2D eigenvalue weighted by Gasteiger charge is 2.18. The zero-order valence-electron chi connectivity index (χ0n) is 31.5. The van der Waals surface area contributed by atoms with Crippen molar-refractivity contribution in [2.24, 2.45) is 0 Å². The molecule has 3 nitrogen and oxygen atoms in total. The predicted octanol–water partition coefficient (Wildman–Crippen LogP) is 15.3. The Balaban J connectivity index is 0.969. The highest BCUT2D eigenvalue weighted by Crippen LogP contribution is 2.44. The maximum Gasteiger partial charge on any atom is 0.0973 e. The van der Waals surface area contributed by atoms with Gasteiger partial charge in [0, 0.05) is 53.7 Å². The van der Waals surface area contributed by atoms with Crippen LogP contribution in [0.4, 0.5) is 17.1 Å². The van der Waals surface area contributed by atoms with E-state index in [0.717, 1.165) is 72.5 Å². The average molecular weight is 758 g/mol. The summed E-state index contributed by atoms with van der Waals surface area (Å²) in [6, 6.07) is 75.5. The van der Waals surface area contributed by atoms with Gasteiger partial charge in [-0.05, 0) is 82.2 Å². The molecule has 0 spiro atoms. The lowest BCUT2D eigenvalue weighted by atomic mass is 9.99.